The van der Waals surface area contributed by atoms with Crippen LogP contribution in [0.25, 0.3) is 0 Å². The van der Waals surface area contributed by atoms with Crippen LogP contribution in [-0.2, 0) is 0 Å². The average Bonchev–Trinajstić information content (AvgIpc) is 2.55. The summed E-state index contributed by atoms with van der Waals surface area (Å²) in [5, 5.41) is 7.61. The molecule has 4 nitrogen and oxygen atoms in total. The lowest BCUT2D eigenvalue weighted by Gasteiger charge is -2.30. The third kappa shape index (κ3) is 5.91. The molecule has 2 atom stereocenters. The topological polar surface area (TPSA) is 48.1 Å². The Kier molecular flexibility index (Phi) is 7.24. The van der Waals surface area contributed by atoms with Gasteiger partial charge in [-0.3, -0.25) is 10.9 Å². The number of hydrazine groups is 1. The second kappa shape index (κ2) is 9.18. The Morgan fingerprint density at radius 1 is 1.00 bits per heavy atom. The monoisotopic (exact) mass is 364 g/mol. The predicted molar refractivity (Wildman–Crippen MR) is 110 cm³/mol. The lowest BCUT2D eigenvalue weighted by atomic mass is 9.86. The molecular weight excluding hydrogens is 336 g/mol. The van der Waals surface area contributed by atoms with E-state index in [-0.39, 0.29) is 0 Å². The highest BCUT2D eigenvalue weighted by molar-refractivity contribution is 7.80. The largest absolute Gasteiger partial charge is 0.358 e. The Bertz CT molecular complexity index is 557. The van der Waals surface area contributed by atoms with Gasteiger partial charge >= 0.3 is 0 Å². The Morgan fingerprint density at radius 2 is 1.62 bits per heavy atom. The van der Waals surface area contributed by atoms with E-state index in [1.807, 2.05) is 12.1 Å². The van der Waals surface area contributed by atoms with E-state index in [0.29, 0.717) is 28.1 Å². The second-order valence-electron chi connectivity index (χ2n) is 6.82. The first-order valence-electron chi connectivity index (χ1n) is 8.69. The van der Waals surface area contributed by atoms with Gasteiger partial charge in [-0.15, -0.1) is 0 Å². The number of anilines is 1. The van der Waals surface area contributed by atoms with Crippen molar-refractivity contribution in [1.29, 1.82) is 0 Å². The minimum Gasteiger partial charge on any atom is -0.358 e. The summed E-state index contributed by atoms with van der Waals surface area (Å²) in [5.41, 5.74) is 8.17. The van der Waals surface area contributed by atoms with Crippen molar-refractivity contribution >= 4 is 40.3 Å². The van der Waals surface area contributed by atoms with Crippen LogP contribution in [0.5, 0.6) is 0 Å². The highest BCUT2D eigenvalue weighted by atomic mass is 32.1. The van der Waals surface area contributed by atoms with E-state index in [1.54, 1.807) is 0 Å². The van der Waals surface area contributed by atoms with E-state index in [4.69, 9.17) is 24.4 Å². The fourth-order valence-electron chi connectivity index (χ4n) is 2.96. The molecular formula is C18H28N4S2. The molecule has 0 amide bonds. The highest BCUT2D eigenvalue weighted by Gasteiger charge is 2.21. The summed E-state index contributed by atoms with van der Waals surface area (Å²) in [6.07, 6.45) is 5.03. The Hall–Kier alpha value is -1.40. The van der Waals surface area contributed by atoms with Crippen molar-refractivity contribution in [2.24, 2.45) is 5.92 Å². The van der Waals surface area contributed by atoms with Crippen LogP contribution in [-0.4, -0.2) is 16.3 Å². The van der Waals surface area contributed by atoms with E-state index in [2.05, 4.69) is 54.4 Å². The van der Waals surface area contributed by atoms with Crippen molar-refractivity contribution in [3.05, 3.63) is 29.8 Å². The van der Waals surface area contributed by atoms with Crippen LogP contribution in [0.3, 0.4) is 0 Å². The number of nitrogens with one attached hydrogen (secondary N) is 4. The number of benzene rings is 1. The summed E-state index contributed by atoms with van der Waals surface area (Å²) in [4.78, 5) is 0. The van der Waals surface area contributed by atoms with Crippen LogP contribution in [0, 0.1) is 5.92 Å². The minimum absolute atomic E-state index is 0.450. The zero-order valence-electron chi connectivity index (χ0n) is 14.7. The van der Waals surface area contributed by atoms with Gasteiger partial charge in [0.05, 0.1) is 0 Å². The number of hydrogen-bond acceptors (Lipinski definition) is 2. The molecule has 4 N–H and O–H groups in total. The maximum absolute atomic E-state index is 5.34. The molecule has 0 spiro atoms. The molecule has 1 aliphatic rings. The van der Waals surface area contributed by atoms with Crippen molar-refractivity contribution in [3.63, 3.8) is 0 Å². The van der Waals surface area contributed by atoms with Gasteiger partial charge < -0.3 is 10.6 Å². The summed E-state index contributed by atoms with van der Waals surface area (Å²) < 4.78 is 0. The summed E-state index contributed by atoms with van der Waals surface area (Å²) in [5.74, 6) is 1.18. The average molecular weight is 365 g/mol. The van der Waals surface area contributed by atoms with Crippen molar-refractivity contribution < 1.29 is 0 Å². The van der Waals surface area contributed by atoms with Gasteiger partial charge in [0.2, 0.25) is 0 Å². The molecule has 2 rings (SSSR count). The van der Waals surface area contributed by atoms with Crippen molar-refractivity contribution in [3.8, 4) is 0 Å². The SMILES string of the molecule is CC(C)c1ccc(NC(=S)NNC(=S)N[C@@H]2CCCC[C@H]2C)cc1. The van der Waals surface area contributed by atoms with Gasteiger partial charge in [-0.25, -0.2) is 0 Å². The number of rotatable bonds is 3. The fourth-order valence-corrected chi connectivity index (χ4v) is 3.33. The van der Waals surface area contributed by atoms with Crippen LogP contribution in [0.1, 0.15) is 57.9 Å². The van der Waals surface area contributed by atoms with Gasteiger partial charge in [-0.1, -0.05) is 45.7 Å². The molecule has 0 aromatic heterocycles. The zero-order chi connectivity index (χ0) is 17.5. The molecule has 0 aliphatic heterocycles. The van der Waals surface area contributed by atoms with Crippen LogP contribution < -0.4 is 21.5 Å². The summed E-state index contributed by atoms with van der Waals surface area (Å²) in [6, 6.07) is 8.73. The molecule has 132 valence electrons. The van der Waals surface area contributed by atoms with Crippen molar-refractivity contribution in [2.75, 3.05) is 5.32 Å². The Balaban J connectivity index is 1.73. The van der Waals surface area contributed by atoms with E-state index in [0.717, 1.165) is 5.69 Å². The maximum Gasteiger partial charge on any atom is 0.189 e. The molecule has 0 heterocycles. The number of thiocarbonyl (C=S) groups is 2. The Labute approximate surface area is 156 Å². The van der Waals surface area contributed by atoms with Gasteiger partial charge in [0.1, 0.15) is 0 Å². The van der Waals surface area contributed by atoms with Gasteiger partial charge in [0.15, 0.2) is 10.2 Å². The summed E-state index contributed by atoms with van der Waals surface area (Å²) >= 11 is 10.6. The first-order valence-corrected chi connectivity index (χ1v) is 9.51. The summed E-state index contributed by atoms with van der Waals surface area (Å²) in [7, 11) is 0. The van der Waals surface area contributed by atoms with Crippen molar-refractivity contribution in [1.82, 2.24) is 16.2 Å². The maximum atomic E-state index is 5.34. The third-order valence-electron chi connectivity index (χ3n) is 4.55. The molecule has 0 saturated heterocycles. The number of hydrogen-bond donors (Lipinski definition) is 4. The molecule has 1 aliphatic carbocycles. The van der Waals surface area contributed by atoms with Crippen LogP contribution in [0.4, 0.5) is 5.69 Å². The minimum atomic E-state index is 0.450. The predicted octanol–water partition coefficient (Wildman–Crippen LogP) is 4.05. The van der Waals surface area contributed by atoms with E-state index in [1.165, 1.54) is 31.2 Å². The lowest BCUT2D eigenvalue weighted by molar-refractivity contribution is 0.308. The smallest absolute Gasteiger partial charge is 0.189 e. The zero-order valence-corrected chi connectivity index (χ0v) is 16.3. The first-order chi connectivity index (χ1) is 11.5. The summed E-state index contributed by atoms with van der Waals surface area (Å²) in [6.45, 7) is 6.64. The normalized spacial score (nSPS) is 20.3. The molecule has 1 aromatic rings. The highest BCUT2D eigenvalue weighted by Crippen LogP contribution is 2.23. The molecule has 0 bridgehead atoms. The Morgan fingerprint density at radius 3 is 2.25 bits per heavy atom. The fraction of sp³-hybridized carbons (Fsp3) is 0.556. The van der Waals surface area contributed by atoms with Crippen LogP contribution in [0.2, 0.25) is 0 Å². The lowest BCUT2D eigenvalue weighted by Crippen LogP contribution is -2.52. The van der Waals surface area contributed by atoms with Crippen LogP contribution >= 0.6 is 24.4 Å². The molecule has 1 fully saturated rings. The van der Waals surface area contributed by atoms with E-state index >= 15 is 0 Å². The molecule has 0 radical (unpaired) electrons. The van der Waals surface area contributed by atoms with Crippen LogP contribution in [0.15, 0.2) is 24.3 Å². The van der Waals surface area contributed by atoms with Gasteiger partial charge in [-0.2, -0.15) is 0 Å². The molecule has 6 heteroatoms. The molecule has 1 aromatic carbocycles. The van der Waals surface area contributed by atoms with Gasteiger partial charge in [-0.05, 0) is 66.8 Å². The van der Waals surface area contributed by atoms with Gasteiger partial charge in [0, 0.05) is 11.7 Å². The van der Waals surface area contributed by atoms with Gasteiger partial charge in [0.25, 0.3) is 0 Å². The van der Waals surface area contributed by atoms with E-state index < -0.39 is 0 Å². The standard InChI is InChI=1S/C18H28N4S2/c1-12(2)14-8-10-15(11-9-14)19-17(23)21-22-18(24)20-16-7-5-4-6-13(16)3/h8-13,16H,4-7H2,1-3H3,(H2,19,21,23)(H2,20,22,24)/t13-,16-/m1/s1. The second-order valence-corrected chi connectivity index (χ2v) is 7.64. The quantitative estimate of drug-likeness (QED) is 0.479. The van der Waals surface area contributed by atoms with E-state index in [9.17, 15) is 0 Å². The first kappa shape index (κ1) is 18.9. The molecule has 0 unspecified atom stereocenters. The molecule has 24 heavy (non-hydrogen) atoms. The molecule has 1 saturated carbocycles. The third-order valence-corrected chi connectivity index (χ3v) is 4.98. The van der Waals surface area contributed by atoms with Crippen molar-refractivity contribution in [2.45, 2.75) is 58.4 Å².